The average Bonchev–Trinajstić information content (AvgIpc) is 2.89. The van der Waals surface area contributed by atoms with Crippen molar-refractivity contribution in [1.29, 1.82) is 0 Å². The molecule has 0 unspecified atom stereocenters. The highest BCUT2D eigenvalue weighted by atomic mass is 16.4. The number of carboxylic acid groups (broad SMARTS) is 1. The molecule has 0 saturated carbocycles. The number of carboxylic acids is 1. The van der Waals surface area contributed by atoms with Gasteiger partial charge in [0, 0.05) is 25.1 Å². The normalized spacial score (nSPS) is 13.5. The van der Waals surface area contributed by atoms with E-state index in [4.69, 9.17) is 5.11 Å². The van der Waals surface area contributed by atoms with Crippen molar-refractivity contribution in [2.75, 3.05) is 11.4 Å². The monoisotopic (exact) mass is 303 g/mol. The Hall–Kier alpha value is -1.84. The van der Waals surface area contributed by atoms with Gasteiger partial charge in [-0.2, -0.15) is 0 Å². The van der Waals surface area contributed by atoms with Crippen LogP contribution in [0.3, 0.4) is 0 Å². The smallest absolute Gasteiger partial charge is 0.303 e. The van der Waals surface area contributed by atoms with Crippen molar-refractivity contribution in [3.63, 3.8) is 0 Å². The number of amides is 1. The Labute approximate surface area is 132 Å². The molecule has 1 aromatic rings. The number of rotatable bonds is 7. The molecule has 0 saturated heterocycles. The summed E-state index contributed by atoms with van der Waals surface area (Å²) in [5.74, 6) is -0.144. The van der Waals surface area contributed by atoms with E-state index in [0.29, 0.717) is 18.8 Å². The van der Waals surface area contributed by atoms with Crippen molar-refractivity contribution in [3.8, 4) is 0 Å². The molecule has 2 rings (SSSR count). The van der Waals surface area contributed by atoms with Gasteiger partial charge in [0.1, 0.15) is 0 Å². The Kier molecular flexibility index (Phi) is 5.58. The quantitative estimate of drug-likeness (QED) is 0.781. The highest BCUT2D eigenvalue weighted by Gasteiger charge is 2.24. The van der Waals surface area contributed by atoms with Crippen LogP contribution in [0, 0.1) is 0 Å². The Morgan fingerprint density at radius 1 is 1.18 bits per heavy atom. The van der Waals surface area contributed by atoms with Gasteiger partial charge >= 0.3 is 5.97 Å². The first-order valence-electron chi connectivity index (χ1n) is 8.14. The fraction of sp³-hybridized carbons (Fsp3) is 0.556. The predicted octanol–water partition coefficient (Wildman–Crippen LogP) is 3.73. The lowest BCUT2D eigenvalue weighted by atomic mass is 10.0. The van der Waals surface area contributed by atoms with Crippen molar-refractivity contribution in [2.45, 2.75) is 58.3 Å². The maximum Gasteiger partial charge on any atom is 0.303 e. The maximum absolute atomic E-state index is 12.4. The Balaban J connectivity index is 1.90. The van der Waals surface area contributed by atoms with Crippen molar-refractivity contribution < 1.29 is 14.7 Å². The summed E-state index contributed by atoms with van der Waals surface area (Å²) in [6.07, 6.45) is 3.84. The van der Waals surface area contributed by atoms with Crippen molar-refractivity contribution in [2.24, 2.45) is 0 Å². The maximum atomic E-state index is 12.4. The van der Waals surface area contributed by atoms with Gasteiger partial charge in [0.2, 0.25) is 5.91 Å². The molecule has 1 N–H and O–H groups in total. The minimum Gasteiger partial charge on any atom is -0.481 e. The van der Waals surface area contributed by atoms with Crippen LogP contribution < -0.4 is 4.90 Å². The van der Waals surface area contributed by atoms with E-state index in [9.17, 15) is 9.59 Å². The molecule has 4 nitrogen and oxygen atoms in total. The lowest BCUT2D eigenvalue weighted by Gasteiger charge is -2.19. The van der Waals surface area contributed by atoms with Gasteiger partial charge in [0.05, 0.1) is 0 Å². The standard InChI is InChI=1S/C18H25NO3/c1-13(2)15-9-8-14-10-11-19(16(14)12-15)17(20)6-4-3-5-7-18(21)22/h8-9,12-13H,3-7,10-11H2,1-2H3,(H,21,22). The average molecular weight is 303 g/mol. The summed E-state index contributed by atoms with van der Waals surface area (Å²) in [6.45, 7) is 5.08. The van der Waals surface area contributed by atoms with E-state index in [1.807, 2.05) is 4.90 Å². The Morgan fingerprint density at radius 2 is 1.91 bits per heavy atom. The van der Waals surface area contributed by atoms with Gasteiger partial charge in [-0.1, -0.05) is 32.4 Å². The van der Waals surface area contributed by atoms with E-state index in [1.54, 1.807) is 0 Å². The number of nitrogens with zero attached hydrogens (tertiary/aromatic N) is 1. The van der Waals surface area contributed by atoms with Crippen molar-refractivity contribution >= 4 is 17.6 Å². The van der Waals surface area contributed by atoms with E-state index in [0.717, 1.165) is 31.5 Å². The van der Waals surface area contributed by atoms with Gasteiger partial charge in [-0.3, -0.25) is 9.59 Å². The zero-order chi connectivity index (χ0) is 16.1. The number of fused-ring (bicyclic) bond motifs is 1. The second kappa shape index (κ2) is 7.43. The van der Waals surface area contributed by atoms with E-state index >= 15 is 0 Å². The highest BCUT2D eigenvalue weighted by Crippen LogP contribution is 2.32. The van der Waals surface area contributed by atoms with Crippen LogP contribution in [0.25, 0.3) is 0 Å². The third kappa shape index (κ3) is 4.09. The van der Waals surface area contributed by atoms with E-state index < -0.39 is 5.97 Å². The van der Waals surface area contributed by atoms with Crippen LogP contribution in [0.1, 0.15) is 63.0 Å². The molecule has 0 spiro atoms. The van der Waals surface area contributed by atoms with Gasteiger partial charge in [0.15, 0.2) is 0 Å². The number of carbonyl (C=O) groups is 2. The molecule has 0 bridgehead atoms. The van der Waals surface area contributed by atoms with Crippen LogP contribution in [0.4, 0.5) is 5.69 Å². The molecule has 120 valence electrons. The first-order valence-corrected chi connectivity index (χ1v) is 8.14. The third-order valence-electron chi connectivity index (χ3n) is 4.25. The zero-order valence-electron chi connectivity index (χ0n) is 13.5. The summed E-state index contributed by atoms with van der Waals surface area (Å²) < 4.78 is 0. The molecule has 1 aliphatic rings. The van der Waals surface area contributed by atoms with Crippen LogP contribution >= 0.6 is 0 Å². The number of unbranched alkanes of at least 4 members (excludes halogenated alkanes) is 2. The molecule has 1 heterocycles. The van der Waals surface area contributed by atoms with Gasteiger partial charge in [-0.15, -0.1) is 0 Å². The molecule has 4 heteroatoms. The number of hydrogen-bond acceptors (Lipinski definition) is 2. The van der Waals surface area contributed by atoms with Gasteiger partial charge < -0.3 is 10.0 Å². The van der Waals surface area contributed by atoms with Crippen LogP contribution in [0.2, 0.25) is 0 Å². The van der Waals surface area contributed by atoms with Crippen molar-refractivity contribution in [1.82, 2.24) is 0 Å². The molecular formula is C18H25NO3. The first kappa shape index (κ1) is 16.5. The molecule has 1 aromatic carbocycles. The molecule has 0 aromatic heterocycles. The largest absolute Gasteiger partial charge is 0.481 e. The number of benzene rings is 1. The molecule has 22 heavy (non-hydrogen) atoms. The van der Waals surface area contributed by atoms with Crippen LogP contribution in [0.5, 0.6) is 0 Å². The minimum absolute atomic E-state index is 0.162. The van der Waals surface area contributed by atoms with Gasteiger partial charge in [0.25, 0.3) is 0 Å². The van der Waals surface area contributed by atoms with E-state index in [2.05, 4.69) is 32.0 Å². The topological polar surface area (TPSA) is 57.6 Å². The summed E-state index contributed by atoms with van der Waals surface area (Å²) in [4.78, 5) is 24.8. The van der Waals surface area contributed by atoms with Gasteiger partial charge in [-0.05, 0) is 42.4 Å². The van der Waals surface area contributed by atoms with Crippen LogP contribution in [-0.2, 0) is 16.0 Å². The van der Waals surface area contributed by atoms with Crippen molar-refractivity contribution in [3.05, 3.63) is 29.3 Å². The fourth-order valence-electron chi connectivity index (χ4n) is 2.88. The Bertz CT molecular complexity index is 551. The second-order valence-electron chi connectivity index (χ2n) is 6.29. The molecule has 1 amide bonds. The Morgan fingerprint density at radius 3 is 2.59 bits per heavy atom. The number of aliphatic carboxylic acids is 1. The van der Waals surface area contributed by atoms with E-state index in [1.165, 1.54) is 11.1 Å². The zero-order valence-corrected chi connectivity index (χ0v) is 13.5. The summed E-state index contributed by atoms with van der Waals surface area (Å²) in [5.41, 5.74) is 3.59. The lowest BCUT2D eigenvalue weighted by molar-refractivity contribution is -0.137. The SMILES string of the molecule is CC(C)c1ccc2c(c1)N(C(=O)CCCCCC(=O)O)CC2. The third-order valence-corrected chi connectivity index (χ3v) is 4.25. The van der Waals surface area contributed by atoms with Crippen LogP contribution in [-0.4, -0.2) is 23.5 Å². The molecular weight excluding hydrogens is 278 g/mol. The molecule has 0 radical (unpaired) electrons. The number of hydrogen-bond donors (Lipinski definition) is 1. The number of carbonyl (C=O) groups excluding carboxylic acids is 1. The molecule has 0 atom stereocenters. The molecule has 0 fully saturated rings. The summed E-state index contributed by atoms with van der Waals surface area (Å²) in [6, 6.07) is 6.45. The molecule has 1 aliphatic heterocycles. The summed E-state index contributed by atoms with van der Waals surface area (Å²) in [7, 11) is 0. The number of anilines is 1. The molecule has 0 aliphatic carbocycles. The first-order chi connectivity index (χ1) is 10.5. The lowest BCUT2D eigenvalue weighted by Crippen LogP contribution is -2.28. The highest BCUT2D eigenvalue weighted by molar-refractivity contribution is 5.95. The van der Waals surface area contributed by atoms with E-state index in [-0.39, 0.29) is 12.3 Å². The second-order valence-corrected chi connectivity index (χ2v) is 6.29. The fourth-order valence-corrected chi connectivity index (χ4v) is 2.88. The summed E-state index contributed by atoms with van der Waals surface area (Å²) >= 11 is 0. The predicted molar refractivity (Wildman–Crippen MR) is 87.3 cm³/mol. The van der Waals surface area contributed by atoms with Gasteiger partial charge in [-0.25, -0.2) is 0 Å². The minimum atomic E-state index is -0.763. The summed E-state index contributed by atoms with van der Waals surface area (Å²) in [5, 5.41) is 8.60. The van der Waals surface area contributed by atoms with Crippen LogP contribution in [0.15, 0.2) is 18.2 Å².